The Morgan fingerprint density at radius 1 is 1.10 bits per heavy atom. The molecule has 5 atom stereocenters. The number of aliphatic hydroxyl groups is 4. The molecule has 30 heavy (non-hydrogen) atoms. The number of aryl methyl sites for hydroxylation is 1. The standard InChI is InChI=1S/C21H21NO8/c1-10-16(13-4-2-3-7-22-13)17(24)12-6-5-11(8-14(12)28-10)29-21-20(27)19(26)18(25)15(9-23)30-21/h2-8,15,18-21,23,25-27H,9H2,1H3/t15-,18+,19-,20+,21-/m1/s1. The molecule has 3 heterocycles. The third-order valence-corrected chi connectivity index (χ3v) is 5.06. The zero-order chi connectivity index (χ0) is 21.4. The zero-order valence-electron chi connectivity index (χ0n) is 16.0. The largest absolute Gasteiger partial charge is 0.462 e. The van der Waals surface area contributed by atoms with Crippen molar-refractivity contribution in [1.82, 2.24) is 4.98 Å². The zero-order valence-corrected chi connectivity index (χ0v) is 16.0. The van der Waals surface area contributed by atoms with Gasteiger partial charge in [-0.05, 0) is 31.2 Å². The molecule has 9 nitrogen and oxygen atoms in total. The number of hydrogen-bond acceptors (Lipinski definition) is 9. The van der Waals surface area contributed by atoms with E-state index in [4.69, 9.17) is 13.9 Å². The van der Waals surface area contributed by atoms with Crippen LogP contribution in [-0.4, -0.2) is 62.7 Å². The molecule has 1 aromatic carbocycles. The molecule has 158 valence electrons. The number of aromatic nitrogens is 1. The second kappa shape index (κ2) is 8.13. The summed E-state index contributed by atoms with van der Waals surface area (Å²) < 4.78 is 16.7. The Morgan fingerprint density at radius 2 is 1.90 bits per heavy atom. The first-order chi connectivity index (χ1) is 14.4. The lowest BCUT2D eigenvalue weighted by Gasteiger charge is -2.39. The van der Waals surface area contributed by atoms with E-state index in [0.717, 1.165) is 0 Å². The lowest BCUT2D eigenvalue weighted by Crippen LogP contribution is -2.60. The summed E-state index contributed by atoms with van der Waals surface area (Å²) in [6.45, 7) is 1.10. The fourth-order valence-corrected chi connectivity index (χ4v) is 3.46. The Kier molecular flexibility index (Phi) is 5.54. The minimum absolute atomic E-state index is 0.208. The van der Waals surface area contributed by atoms with Gasteiger partial charge >= 0.3 is 0 Å². The number of rotatable bonds is 4. The number of pyridine rings is 1. The van der Waals surface area contributed by atoms with Crippen LogP contribution in [-0.2, 0) is 4.74 Å². The number of ether oxygens (including phenoxy) is 2. The van der Waals surface area contributed by atoms with Crippen LogP contribution in [0.15, 0.2) is 51.8 Å². The van der Waals surface area contributed by atoms with Gasteiger partial charge in [0.1, 0.15) is 41.5 Å². The first-order valence-corrected chi connectivity index (χ1v) is 9.36. The minimum atomic E-state index is -1.55. The normalized spacial score (nSPS) is 26.6. The summed E-state index contributed by atoms with van der Waals surface area (Å²) in [6.07, 6.45) is -5.41. The van der Waals surface area contributed by atoms with Crippen molar-refractivity contribution in [2.45, 2.75) is 37.6 Å². The molecule has 3 aromatic rings. The van der Waals surface area contributed by atoms with Gasteiger partial charge in [0.05, 0.1) is 23.3 Å². The molecule has 0 saturated carbocycles. The Bertz CT molecular complexity index is 1100. The average molecular weight is 415 g/mol. The van der Waals surface area contributed by atoms with Crippen molar-refractivity contribution in [3.8, 4) is 17.0 Å². The summed E-state index contributed by atoms with van der Waals surface area (Å²) in [5.74, 6) is 0.594. The van der Waals surface area contributed by atoms with Crippen LogP contribution in [0.1, 0.15) is 5.76 Å². The predicted molar refractivity (Wildman–Crippen MR) is 105 cm³/mol. The van der Waals surface area contributed by atoms with Crippen LogP contribution >= 0.6 is 0 Å². The summed E-state index contributed by atoms with van der Waals surface area (Å²) in [5, 5.41) is 39.5. The summed E-state index contributed by atoms with van der Waals surface area (Å²) in [4.78, 5) is 17.2. The topological polar surface area (TPSA) is 142 Å². The lowest BCUT2D eigenvalue weighted by molar-refractivity contribution is -0.277. The number of benzene rings is 1. The molecular weight excluding hydrogens is 394 g/mol. The van der Waals surface area contributed by atoms with E-state index in [9.17, 15) is 25.2 Å². The number of nitrogens with zero attached hydrogens (tertiary/aromatic N) is 1. The molecular formula is C21H21NO8. The van der Waals surface area contributed by atoms with Gasteiger partial charge in [-0.1, -0.05) is 6.07 Å². The smallest absolute Gasteiger partial charge is 0.229 e. The van der Waals surface area contributed by atoms with E-state index in [1.54, 1.807) is 31.3 Å². The van der Waals surface area contributed by atoms with Crippen LogP contribution in [0.25, 0.3) is 22.2 Å². The van der Waals surface area contributed by atoms with Crippen molar-refractivity contribution in [3.05, 3.63) is 58.6 Å². The highest BCUT2D eigenvalue weighted by atomic mass is 16.7. The van der Waals surface area contributed by atoms with Crippen LogP contribution < -0.4 is 10.2 Å². The van der Waals surface area contributed by atoms with Crippen molar-refractivity contribution in [1.29, 1.82) is 0 Å². The summed E-state index contributed by atoms with van der Waals surface area (Å²) >= 11 is 0. The molecule has 0 radical (unpaired) electrons. The lowest BCUT2D eigenvalue weighted by atomic mass is 9.99. The third kappa shape index (κ3) is 3.57. The summed E-state index contributed by atoms with van der Waals surface area (Å²) in [7, 11) is 0. The van der Waals surface area contributed by atoms with Crippen LogP contribution in [0.4, 0.5) is 0 Å². The molecule has 9 heteroatoms. The fraction of sp³-hybridized carbons (Fsp3) is 0.333. The van der Waals surface area contributed by atoms with Gasteiger partial charge in [-0.2, -0.15) is 0 Å². The van der Waals surface area contributed by atoms with Gasteiger partial charge in [-0.15, -0.1) is 0 Å². The molecule has 0 unspecified atom stereocenters. The Balaban J connectivity index is 1.67. The van der Waals surface area contributed by atoms with Crippen molar-refractivity contribution in [2.24, 2.45) is 0 Å². The van der Waals surface area contributed by atoms with Gasteiger partial charge in [0.2, 0.25) is 11.7 Å². The molecule has 1 fully saturated rings. The van der Waals surface area contributed by atoms with Crippen LogP contribution in [0.5, 0.6) is 5.75 Å². The molecule has 1 aliphatic rings. The molecule has 0 spiro atoms. The molecule has 4 rings (SSSR count). The monoisotopic (exact) mass is 415 g/mol. The Hall–Kier alpha value is -2.82. The van der Waals surface area contributed by atoms with Crippen molar-refractivity contribution in [2.75, 3.05) is 6.61 Å². The number of aliphatic hydroxyl groups excluding tert-OH is 4. The van der Waals surface area contributed by atoms with E-state index >= 15 is 0 Å². The Morgan fingerprint density at radius 3 is 2.60 bits per heavy atom. The molecule has 0 bridgehead atoms. The highest BCUT2D eigenvalue weighted by molar-refractivity contribution is 5.83. The fourth-order valence-electron chi connectivity index (χ4n) is 3.46. The highest BCUT2D eigenvalue weighted by Crippen LogP contribution is 2.28. The SMILES string of the molecule is Cc1oc2cc(O[C@@H]3O[C@H](CO)[C@H](O)[C@@H](O)[C@@H]3O)ccc2c(=O)c1-c1ccccn1. The first kappa shape index (κ1) is 20.5. The molecule has 4 N–H and O–H groups in total. The number of fused-ring (bicyclic) bond motifs is 1. The first-order valence-electron chi connectivity index (χ1n) is 9.36. The van der Waals surface area contributed by atoms with Crippen LogP contribution in [0, 0.1) is 6.92 Å². The van der Waals surface area contributed by atoms with Crippen molar-refractivity contribution >= 4 is 11.0 Å². The van der Waals surface area contributed by atoms with E-state index in [-0.39, 0.29) is 16.8 Å². The summed E-state index contributed by atoms with van der Waals surface area (Å²) in [5.41, 5.74) is 0.893. The Labute approximate surface area is 170 Å². The van der Waals surface area contributed by atoms with Gasteiger partial charge in [0.25, 0.3) is 0 Å². The van der Waals surface area contributed by atoms with E-state index in [0.29, 0.717) is 22.4 Å². The minimum Gasteiger partial charge on any atom is -0.462 e. The van der Waals surface area contributed by atoms with E-state index in [2.05, 4.69) is 4.98 Å². The molecule has 2 aromatic heterocycles. The van der Waals surface area contributed by atoms with E-state index in [1.165, 1.54) is 18.2 Å². The maximum atomic E-state index is 13.0. The van der Waals surface area contributed by atoms with Crippen LogP contribution in [0.2, 0.25) is 0 Å². The maximum Gasteiger partial charge on any atom is 0.229 e. The molecule has 0 aliphatic carbocycles. The number of hydrogen-bond donors (Lipinski definition) is 4. The van der Waals surface area contributed by atoms with Gasteiger partial charge in [0.15, 0.2) is 0 Å². The quantitative estimate of drug-likeness (QED) is 0.474. The van der Waals surface area contributed by atoms with E-state index in [1.807, 2.05) is 0 Å². The van der Waals surface area contributed by atoms with Gasteiger partial charge in [0, 0.05) is 12.3 Å². The van der Waals surface area contributed by atoms with E-state index < -0.39 is 37.3 Å². The highest BCUT2D eigenvalue weighted by Gasteiger charge is 2.44. The van der Waals surface area contributed by atoms with Gasteiger partial charge < -0.3 is 34.3 Å². The van der Waals surface area contributed by atoms with Crippen molar-refractivity contribution < 1.29 is 34.3 Å². The van der Waals surface area contributed by atoms with Crippen LogP contribution in [0.3, 0.4) is 0 Å². The third-order valence-electron chi connectivity index (χ3n) is 5.06. The molecule has 1 aliphatic heterocycles. The van der Waals surface area contributed by atoms with Crippen molar-refractivity contribution in [3.63, 3.8) is 0 Å². The van der Waals surface area contributed by atoms with Gasteiger partial charge in [-0.3, -0.25) is 9.78 Å². The predicted octanol–water partition coefficient (Wildman–Crippen LogP) is 0.342. The second-order valence-corrected chi connectivity index (χ2v) is 7.05. The van der Waals surface area contributed by atoms with Gasteiger partial charge in [-0.25, -0.2) is 0 Å². The summed E-state index contributed by atoms with van der Waals surface area (Å²) in [6, 6.07) is 9.74. The average Bonchev–Trinajstić information content (AvgIpc) is 2.74. The maximum absolute atomic E-state index is 13.0. The second-order valence-electron chi connectivity index (χ2n) is 7.05. The molecule has 1 saturated heterocycles. The molecule has 0 amide bonds.